The van der Waals surface area contributed by atoms with Crippen LogP contribution in [0.4, 0.5) is 0 Å². The Morgan fingerprint density at radius 1 is 0.750 bits per heavy atom. The predicted octanol–water partition coefficient (Wildman–Crippen LogP) is 10.6. The molecule has 6 rings (SSSR count). The molecule has 4 nitrogen and oxygen atoms in total. The number of benzene rings is 4. The lowest BCUT2D eigenvalue weighted by Gasteiger charge is -2.41. The van der Waals surface area contributed by atoms with Crippen LogP contribution in [-0.2, 0) is 14.8 Å². The highest BCUT2D eigenvalue weighted by molar-refractivity contribution is 6.74. The van der Waals surface area contributed by atoms with Gasteiger partial charge in [0.2, 0.25) is 0 Å². The third-order valence-electron chi connectivity index (χ3n) is 10.6. The Morgan fingerprint density at radius 2 is 1.25 bits per heavy atom. The van der Waals surface area contributed by atoms with E-state index in [0.29, 0.717) is 0 Å². The summed E-state index contributed by atoms with van der Waals surface area (Å²) in [6.07, 6.45) is 11.8. The number of allylic oxidation sites excluding steroid dienone is 1. The first kappa shape index (κ1) is 33.6. The van der Waals surface area contributed by atoms with E-state index in [4.69, 9.17) is 9.41 Å². The van der Waals surface area contributed by atoms with Gasteiger partial charge in [0.25, 0.3) is 0 Å². The van der Waals surface area contributed by atoms with Crippen molar-refractivity contribution in [3.05, 3.63) is 156 Å². The van der Waals surface area contributed by atoms with Gasteiger partial charge in [0.15, 0.2) is 14.1 Å². The van der Waals surface area contributed by atoms with Crippen LogP contribution in [0.1, 0.15) is 68.7 Å². The van der Waals surface area contributed by atoms with Gasteiger partial charge >= 0.3 is 0 Å². The molecule has 0 saturated heterocycles. The summed E-state index contributed by atoms with van der Waals surface area (Å²) in [5.41, 5.74) is 5.64. The van der Waals surface area contributed by atoms with E-state index >= 15 is 0 Å². The lowest BCUT2D eigenvalue weighted by Crippen LogP contribution is -2.45. The molecular weight excluding hydrogens is 605 g/mol. The standard InChI is InChI=1S/C43H48N2O2Si/c1-42(2,3)48(4,5)47-38-28-25-34(26-29-38)41(46)30-27-33-17-15-16-24-39(33)40-31-45(32-44-40)43(35-18-9-6-10-19-35,36-20-11-7-12-21-36)37-22-13-8-14-23-37/h6-24,27,30-32,34,38H,25-26,28-29H2,1-5H3/b30-27+. The van der Waals surface area contributed by atoms with Crippen molar-refractivity contribution in [3.8, 4) is 11.3 Å². The molecule has 0 bridgehead atoms. The summed E-state index contributed by atoms with van der Waals surface area (Å²) in [6, 6.07) is 40.1. The maximum absolute atomic E-state index is 13.4. The van der Waals surface area contributed by atoms with Crippen LogP contribution in [0.25, 0.3) is 17.3 Å². The zero-order chi connectivity index (χ0) is 33.8. The van der Waals surface area contributed by atoms with Gasteiger partial charge in [0.1, 0.15) is 5.54 Å². The van der Waals surface area contributed by atoms with E-state index in [0.717, 1.165) is 59.2 Å². The summed E-state index contributed by atoms with van der Waals surface area (Å²) in [5, 5.41) is 0.192. The molecule has 1 aromatic heterocycles. The zero-order valence-corrected chi connectivity index (χ0v) is 30.0. The first-order valence-electron chi connectivity index (χ1n) is 17.3. The highest BCUT2D eigenvalue weighted by Crippen LogP contribution is 2.42. The molecule has 48 heavy (non-hydrogen) atoms. The van der Waals surface area contributed by atoms with Gasteiger partial charge in [0.05, 0.1) is 12.0 Å². The summed E-state index contributed by atoms with van der Waals surface area (Å²) < 4.78 is 8.91. The van der Waals surface area contributed by atoms with Gasteiger partial charge in [-0.2, -0.15) is 0 Å². The lowest BCUT2D eigenvalue weighted by molar-refractivity contribution is -0.119. The molecule has 0 N–H and O–H groups in total. The van der Waals surface area contributed by atoms with Crippen molar-refractivity contribution in [3.63, 3.8) is 0 Å². The van der Waals surface area contributed by atoms with Gasteiger partial charge in [-0.3, -0.25) is 4.79 Å². The van der Waals surface area contributed by atoms with E-state index in [9.17, 15) is 4.79 Å². The topological polar surface area (TPSA) is 44.1 Å². The van der Waals surface area contributed by atoms with Crippen LogP contribution in [0.15, 0.2) is 134 Å². The normalized spacial score (nSPS) is 17.4. The monoisotopic (exact) mass is 652 g/mol. The highest BCUT2D eigenvalue weighted by Gasteiger charge is 2.40. The number of aromatic nitrogens is 2. The molecule has 1 aliphatic carbocycles. The van der Waals surface area contributed by atoms with Crippen molar-refractivity contribution in [2.24, 2.45) is 5.92 Å². The van der Waals surface area contributed by atoms with E-state index in [1.807, 2.05) is 24.5 Å². The fourth-order valence-corrected chi connectivity index (χ4v) is 8.30. The number of imidazole rings is 1. The lowest BCUT2D eigenvalue weighted by atomic mass is 9.77. The molecule has 5 heteroatoms. The molecule has 1 fully saturated rings. The fraction of sp³-hybridized carbons (Fsp3) is 0.302. The molecule has 1 aliphatic rings. The second-order valence-electron chi connectivity index (χ2n) is 14.6. The Balaban J connectivity index is 1.28. The van der Waals surface area contributed by atoms with Crippen LogP contribution in [0, 0.1) is 5.92 Å². The second-order valence-corrected chi connectivity index (χ2v) is 19.4. The Morgan fingerprint density at radius 3 is 1.77 bits per heavy atom. The summed E-state index contributed by atoms with van der Waals surface area (Å²) in [4.78, 5) is 18.4. The molecule has 0 unspecified atom stereocenters. The highest BCUT2D eigenvalue weighted by atomic mass is 28.4. The molecule has 246 valence electrons. The first-order valence-corrected chi connectivity index (χ1v) is 20.2. The molecule has 0 aliphatic heterocycles. The third-order valence-corrected chi connectivity index (χ3v) is 15.1. The largest absolute Gasteiger partial charge is 0.414 e. The van der Waals surface area contributed by atoms with Gasteiger partial charge < -0.3 is 8.99 Å². The third kappa shape index (κ3) is 6.80. The molecule has 1 saturated carbocycles. The number of rotatable bonds is 10. The predicted molar refractivity (Wildman–Crippen MR) is 200 cm³/mol. The molecule has 5 aromatic rings. The minimum Gasteiger partial charge on any atom is -0.414 e. The Labute approximate surface area is 287 Å². The van der Waals surface area contributed by atoms with E-state index in [2.05, 4.69) is 148 Å². The number of carbonyl (C=O) groups is 1. The first-order chi connectivity index (χ1) is 23.1. The molecule has 0 atom stereocenters. The van der Waals surface area contributed by atoms with Crippen molar-refractivity contribution < 1.29 is 9.22 Å². The van der Waals surface area contributed by atoms with E-state index in [-0.39, 0.29) is 22.8 Å². The number of ketones is 1. The quantitative estimate of drug-likeness (QED) is 0.0857. The van der Waals surface area contributed by atoms with E-state index in [1.165, 1.54) is 0 Å². The second kappa shape index (κ2) is 14.0. The van der Waals surface area contributed by atoms with Crippen LogP contribution in [0.2, 0.25) is 18.1 Å². The number of carbonyl (C=O) groups excluding carboxylic acids is 1. The van der Waals surface area contributed by atoms with Crippen molar-refractivity contribution in [2.45, 2.75) is 76.2 Å². The SMILES string of the molecule is CC(C)(C)[Si](C)(C)OC1CCC(C(=O)/C=C/c2ccccc2-c2cn(C(c3ccccc3)(c3ccccc3)c3ccccc3)cn2)CC1. The molecular formula is C43H48N2O2Si. The molecule has 4 aromatic carbocycles. The molecule has 0 radical (unpaired) electrons. The van der Waals surface area contributed by atoms with Gasteiger partial charge in [0, 0.05) is 23.8 Å². The van der Waals surface area contributed by atoms with Gasteiger partial charge in [-0.1, -0.05) is 142 Å². The minimum atomic E-state index is -1.81. The molecule has 0 amide bonds. The Kier molecular flexibility index (Phi) is 9.82. The van der Waals surface area contributed by atoms with Gasteiger partial charge in [-0.15, -0.1) is 0 Å². The van der Waals surface area contributed by atoms with Crippen LogP contribution in [0.3, 0.4) is 0 Å². The van der Waals surface area contributed by atoms with Crippen molar-refractivity contribution in [2.75, 3.05) is 0 Å². The van der Waals surface area contributed by atoms with Crippen molar-refractivity contribution in [1.82, 2.24) is 9.55 Å². The smallest absolute Gasteiger partial charge is 0.192 e. The summed E-state index contributed by atoms with van der Waals surface area (Å²) >= 11 is 0. The van der Waals surface area contributed by atoms with Gasteiger partial charge in [-0.05, 0) is 72.1 Å². The van der Waals surface area contributed by atoms with Crippen LogP contribution in [0.5, 0.6) is 0 Å². The minimum absolute atomic E-state index is 0.0510. The Hall–Kier alpha value is -4.32. The fourth-order valence-electron chi connectivity index (χ4n) is 6.87. The average molecular weight is 653 g/mol. The van der Waals surface area contributed by atoms with Crippen LogP contribution >= 0.6 is 0 Å². The zero-order valence-electron chi connectivity index (χ0n) is 29.0. The maximum atomic E-state index is 13.4. The van der Waals surface area contributed by atoms with Crippen LogP contribution < -0.4 is 0 Å². The van der Waals surface area contributed by atoms with E-state index in [1.54, 1.807) is 6.08 Å². The average Bonchev–Trinajstić information content (AvgIpc) is 3.59. The van der Waals surface area contributed by atoms with Gasteiger partial charge in [-0.25, -0.2) is 4.98 Å². The van der Waals surface area contributed by atoms with Crippen molar-refractivity contribution in [1.29, 1.82) is 0 Å². The van der Waals surface area contributed by atoms with Crippen LogP contribution in [-0.4, -0.2) is 29.8 Å². The summed E-state index contributed by atoms with van der Waals surface area (Å²) in [7, 11) is -1.81. The molecule has 1 heterocycles. The number of nitrogens with zero attached hydrogens (tertiary/aromatic N) is 2. The van der Waals surface area contributed by atoms with Crippen molar-refractivity contribution >= 4 is 20.2 Å². The maximum Gasteiger partial charge on any atom is 0.192 e. The number of hydrogen-bond acceptors (Lipinski definition) is 3. The number of hydrogen-bond donors (Lipinski definition) is 0. The Bertz CT molecular complexity index is 1730. The summed E-state index contributed by atoms with van der Waals surface area (Å²) in [6.45, 7) is 11.5. The summed E-state index contributed by atoms with van der Waals surface area (Å²) in [5.74, 6) is 0.257. The van der Waals surface area contributed by atoms with E-state index < -0.39 is 13.9 Å². The molecule has 0 spiro atoms.